The van der Waals surface area contributed by atoms with Crippen molar-refractivity contribution in [1.29, 1.82) is 0 Å². The summed E-state index contributed by atoms with van der Waals surface area (Å²) in [5, 5.41) is 0. The van der Waals surface area contributed by atoms with Crippen molar-refractivity contribution in [2.24, 2.45) is 0 Å². The summed E-state index contributed by atoms with van der Waals surface area (Å²) >= 11 is 0. The number of rotatable bonds is 7. The zero-order valence-corrected chi connectivity index (χ0v) is 9.46. The highest BCUT2D eigenvalue weighted by molar-refractivity contribution is 6.39. The van der Waals surface area contributed by atoms with Gasteiger partial charge in [0.15, 0.2) is 0 Å². The lowest BCUT2D eigenvalue weighted by molar-refractivity contribution is -0.137. The van der Waals surface area contributed by atoms with Crippen molar-refractivity contribution in [3.05, 3.63) is 0 Å². The maximum atomic E-state index is 11.0. The standard InChI is InChI=1S/C8H17O4Si/c1-4-7-8(9)12-13(10-5-2)11-6-3/h4-7H2,1-3H3. The van der Waals surface area contributed by atoms with Crippen LogP contribution in [0.4, 0.5) is 0 Å². The van der Waals surface area contributed by atoms with Gasteiger partial charge in [0.25, 0.3) is 5.97 Å². The molecular weight excluding hydrogens is 188 g/mol. The van der Waals surface area contributed by atoms with Gasteiger partial charge in [0, 0.05) is 19.6 Å². The molecule has 0 spiro atoms. The summed E-state index contributed by atoms with van der Waals surface area (Å²) in [6, 6.07) is 0. The zero-order valence-electron chi connectivity index (χ0n) is 8.46. The van der Waals surface area contributed by atoms with Crippen molar-refractivity contribution < 1.29 is 18.1 Å². The van der Waals surface area contributed by atoms with Gasteiger partial charge < -0.3 is 13.3 Å². The monoisotopic (exact) mass is 205 g/mol. The Hall–Kier alpha value is -0.393. The molecule has 0 rings (SSSR count). The van der Waals surface area contributed by atoms with E-state index in [9.17, 15) is 4.79 Å². The number of carbonyl (C=O) groups is 1. The summed E-state index contributed by atoms with van der Waals surface area (Å²) in [6.45, 7) is 6.63. The van der Waals surface area contributed by atoms with Gasteiger partial charge in [0.2, 0.25) is 0 Å². The highest BCUT2D eigenvalue weighted by Gasteiger charge is 2.22. The van der Waals surface area contributed by atoms with Gasteiger partial charge in [-0.15, -0.1) is 0 Å². The van der Waals surface area contributed by atoms with Crippen molar-refractivity contribution in [2.75, 3.05) is 13.2 Å². The third kappa shape index (κ3) is 6.74. The maximum Gasteiger partial charge on any atom is 0.658 e. The Labute approximate surface area is 81.1 Å². The van der Waals surface area contributed by atoms with Crippen LogP contribution in [0.1, 0.15) is 33.6 Å². The minimum Gasteiger partial charge on any atom is -0.471 e. The van der Waals surface area contributed by atoms with Crippen molar-refractivity contribution in [3.8, 4) is 0 Å². The summed E-state index contributed by atoms with van der Waals surface area (Å²) in [6.07, 6.45) is 1.21. The third-order valence-electron chi connectivity index (χ3n) is 1.18. The molecule has 4 nitrogen and oxygen atoms in total. The molecule has 0 fully saturated rings. The highest BCUT2D eigenvalue weighted by atomic mass is 28.3. The number of hydrogen-bond acceptors (Lipinski definition) is 4. The van der Waals surface area contributed by atoms with Crippen molar-refractivity contribution in [1.82, 2.24) is 0 Å². The molecule has 0 aliphatic carbocycles. The Morgan fingerprint density at radius 2 is 1.69 bits per heavy atom. The van der Waals surface area contributed by atoms with Crippen LogP contribution in [0.5, 0.6) is 0 Å². The molecule has 5 heteroatoms. The molecule has 13 heavy (non-hydrogen) atoms. The van der Waals surface area contributed by atoms with E-state index in [-0.39, 0.29) is 5.97 Å². The Morgan fingerprint density at radius 1 is 1.15 bits per heavy atom. The number of hydrogen-bond donors (Lipinski definition) is 0. The van der Waals surface area contributed by atoms with E-state index in [4.69, 9.17) is 13.3 Å². The van der Waals surface area contributed by atoms with E-state index >= 15 is 0 Å². The summed E-state index contributed by atoms with van der Waals surface area (Å²) in [5.41, 5.74) is 0. The SMILES string of the molecule is CCCC(=O)O[Si](OCC)OCC. The highest BCUT2D eigenvalue weighted by Crippen LogP contribution is 1.97. The molecule has 1 radical (unpaired) electrons. The van der Waals surface area contributed by atoms with E-state index in [1.807, 2.05) is 20.8 Å². The lowest BCUT2D eigenvalue weighted by atomic mass is 10.4. The molecule has 0 aliphatic rings. The maximum absolute atomic E-state index is 11.0. The minimum absolute atomic E-state index is 0.238. The molecular formula is C8H17O4Si. The van der Waals surface area contributed by atoms with Crippen LogP contribution in [-0.4, -0.2) is 28.7 Å². The van der Waals surface area contributed by atoms with E-state index in [0.717, 1.165) is 6.42 Å². The predicted molar refractivity (Wildman–Crippen MR) is 50.0 cm³/mol. The lowest BCUT2D eigenvalue weighted by Gasteiger charge is -2.11. The first kappa shape index (κ1) is 12.6. The van der Waals surface area contributed by atoms with Crippen LogP contribution < -0.4 is 0 Å². The first-order valence-corrected chi connectivity index (χ1v) is 5.80. The molecule has 0 atom stereocenters. The van der Waals surface area contributed by atoms with E-state index in [1.54, 1.807) is 0 Å². The van der Waals surface area contributed by atoms with Gasteiger partial charge in [-0.2, -0.15) is 0 Å². The van der Waals surface area contributed by atoms with Crippen molar-refractivity contribution in [3.63, 3.8) is 0 Å². The molecule has 0 aromatic carbocycles. The van der Waals surface area contributed by atoms with Gasteiger partial charge in [-0.3, -0.25) is 4.79 Å². The number of carbonyl (C=O) groups excluding carboxylic acids is 1. The van der Waals surface area contributed by atoms with E-state index in [1.165, 1.54) is 0 Å². The van der Waals surface area contributed by atoms with E-state index in [2.05, 4.69) is 0 Å². The third-order valence-corrected chi connectivity index (χ3v) is 2.62. The van der Waals surface area contributed by atoms with Crippen molar-refractivity contribution >= 4 is 15.5 Å². The smallest absolute Gasteiger partial charge is 0.471 e. The largest absolute Gasteiger partial charge is 0.658 e. The molecule has 0 saturated heterocycles. The van der Waals surface area contributed by atoms with Crippen LogP contribution in [-0.2, 0) is 18.1 Å². The van der Waals surface area contributed by atoms with E-state index in [0.29, 0.717) is 19.6 Å². The Morgan fingerprint density at radius 3 is 2.08 bits per heavy atom. The average molecular weight is 205 g/mol. The Bertz CT molecular complexity index is 134. The molecule has 0 heterocycles. The van der Waals surface area contributed by atoms with Crippen LogP contribution in [0, 0.1) is 0 Å². The molecule has 0 bridgehead atoms. The molecule has 0 aliphatic heterocycles. The van der Waals surface area contributed by atoms with E-state index < -0.39 is 9.53 Å². The second-order valence-corrected chi connectivity index (χ2v) is 3.62. The first-order chi connectivity index (χ1) is 6.24. The second-order valence-electron chi connectivity index (χ2n) is 2.34. The van der Waals surface area contributed by atoms with Gasteiger partial charge >= 0.3 is 9.53 Å². The summed E-state index contributed by atoms with van der Waals surface area (Å²) < 4.78 is 15.3. The summed E-state index contributed by atoms with van der Waals surface area (Å²) in [7, 11) is -1.82. The van der Waals surface area contributed by atoms with Crippen LogP contribution >= 0.6 is 0 Å². The van der Waals surface area contributed by atoms with Crippen molar-refractivity contribution in [2.45, 2.75) is 33.6 Å². The van der Waals surface area contributed by atoms with Crippen LogP contribution in [0.15, 0.2) is 0 Å². The van der Waals surface area contributed by atoms with Crippen LogP contribution in [0.2, 0.25) is 0 Å². The molecule has 77 valence electrons. The lowest BCUT2D eigenvalue weighted by Crippen LogP contribution is -2.30. The van der Waals surface area contributed by atoms with Gasteiger partial charge in [-0.1, -0.05) is 6.92 Å². The fourth-order valence-electron chi connectivity index (χ4n) is 0.684. The normalized spacial score (nSPS) is 10.5. The zero-order chi connectivity index (χ0) is 10.1. The van der Waals surface area contributed by atoms with Gasteiger partial charge in [0.1, 0.15) is 0 Å². The molecule has 0 N–H and O–H groups in total. The summed E-state index contributed by atoms with van der Waals surface area (Å²) in [4.78, 5) is 11.0. The second kappa shape index (κ2) is 8.22. The first-order valence-electron chi connectivity index (χ1n) is 4.57. The fourth-order valence-corrected chi connectivity index (χ4v) is 1.64. The minimum atomic E-state index is -1.82. The molecule has 0 aromatic heterocycles. The summed E-state index contributed by atoms with van der Waals surface area (Å²) in [5.74, 6) is -0.238. The molecule has 0 amide bonds. The fraction of sp³-hybridized carbons (Fsp3) is 0.875. The van der Waals surface area contributed by atoms with Gasteiger partial charge in [0.05, 0.1) is 0 Å². The Kier molecular flexibility index (Phi) is 7.97. The predicted octanol–water partition coefficient (Wildman–Crippen LogP) is 1.39. The van der Waals surface area contributed by atoms with Crippen LogP contribution in [0.3, 0.4) is 0 Å². The topological polar surface area (TPSA) is 44.8 Å². The van der Waals surface area contributed by atoms with Crippen LogP contribution in [0.25, 0.3) is 0 Å². The molecule has 0 saturated carbocycles. The van der Waals surface area contributed by atoms with Gasteiger partial charge in [-0.25, -0.2) is 0 Å². The Balaban J connectivity index is 3.71. The average Bonchev–Trinajstić information content (AvgIpc) is 2.05. The van der Waals surface area contributed by atoms with Gasteiger partial charge in [-0.05, 0) is 20.3 Å². The molecule has 0 unspecified atom stereocenters. The quantitative estimate of drug-likeness (QED) is 0.589. The molecule has 0 aromatic rings.